The predicted molar refractivity (Wildman–Crippen MR) is 92.5 cm³/mol. The summed E-state index contributed by atoms with van der Waals surface area (Å²) in [6, 6.07) is 14.1. The molecule has 0 saturated carbocycles. The molecule has 0 spiro atoms. The minimum Gasteiger partial charge on any atom is -0.494 e. The Morgan fingerprint density at radius 3 is 2.50 bits per heavy atom. The van der Waals surface area contributed by atoms with Gasteiger partial charge in [-0.05, 0) is 50.1 Å². The zero-order valence-electron chi connectivity index (χ0n) is 13.4. The van der Waals surface area contributed by atoms with Gasteiger partial charge in [0.1, 0.15) is 5.75 Å². The minimum absolute atomic E-state index is 0.412. The van der Waals surface area contributed by atoms with Crippen molar-refractivity contribution in [3.8, 4) is 5.75 Å². The van der Waals surface area contributed by atoms with E-state index in [1.807, 2.05) is 50.2 Å². The van der Waals surface area contributed by atoms with Crippen LogP contribution >= 0.6 is 0 Å². The predicted octanol–water partition coefficient (Wildman–Crippen LogP) is 3.63. The molecule has 0 saturated heterocycles. The molecule has 0 aliphatic rings. The van der Waals surface area contributed by atoms with Crippen molar-refractivity contribution in [2.75, 3.05) is 11.9 Å². The molecule has 4 nitrogen and oxygen atoms in total. The van der Waals surface area contributed by atoms with Crippen LogP contribution in [0.2, 0.25) is 0 Å². The molecule has 0 aromatic heterocycles. The number of aryl methyl sites for hydroxylation is 2. The highest BCUT2D eigenvalue weighted by Gasteiger charge is 2.01. The van der Waals surface area contributed by atoms with E-state index in [9.17, 15) is 0 Å². The Morgan fingerprint density at radius 1 is 1.14 bits per heavy atom. The van der Waals surface area contributed by atoms with E-state index in [2.05, 4.69) is 23.3 Å². The molecular formula is C18H23N3O. The lowest BCUT2D eigenvalue weighted by atomic mass is 10.1. The lowest BCUT2D eigenvalue weighted by Gasteiger charge is -2.09. The molecular weight excluding hydrogens is 274 g/mol. The molecule has 3 N–H and O–H groups in total. The lowest BCUT2D eigenvalue weighted by Crippen LogP contribution is -2.22. The second-order valence-corrected chi connectivity index (χ2v) is 5.23. The van der Waals surface area contributed by atoms with Crippen LogP contribution in [0.4, 0.5) is 5.69 Å². The van der Waals surface area contributed by atoms with Crippen molar-refractivity contribution in [1.29, 1.82) is 0 Å². The molecule has 0 amide bonds. The first-order valence-corrected chi connectivity index (χ1v) is 7.44. The van der Waals surface area contributed by atoms with E-state index in [-0.39, 0.29) is 0 Å². The summed E-state index contributed by atoms with van der Waals surface area (Å²) in [6.07, 6.45) is 0. The van der Waals surface area contributed by atoms with Gasteiger partial charge in [-0.15, -0.1) is 0 Å². The van der Waals surface area contributed by atoms with Crippen molar-refractivity contribution >= 4 is 11.6 Å². The number of hydrogen-bond acceptors (Lipinski definition) is 2. The van der Waals surface area contributed by atoms with Crippen LogP contribution < -0.4 is 15.8 Å². The van der Waals surface area contributed by atoms with Gasteiger partial charge in [0.15, 0.2) is 5.96 Å². The van der Waals surface area contributed by atoms with Crippen molar-refractivity contribution in [3.05, 3.63) is 59.2 Å². The fourth-order valence-electron chi connectivity index (χ4n) is 2.13. The number of rotatable bonds is 5. The van der Waals surface area contributed by atoms with Crippen LogP contribution in [0, 0.1) is 13.8 Å². The molecule has 2 rings (SSSR count). The fourth-order valence-corrected chi connectivity index (χ4v) is 2.13. The maximum Gasteiger partial charge on any atom is 0.193 e. The average molecular weight is 297 g/mol. The summed E-state index contributed by atoms with van der Waals surface area (Å²) in [4.78, 5) is 4.37. The Morgan fingerprint density at radius 2 is 1.86 bits per heavy atom. The molecule has 0 atom stereocenters. The molecule has 0 aliphatic heterocycles. The summed E-state index contributed by atoms with van der Waals surface area (Å²) < 4.78 is 5.53. The zero-order chi connectivity index (χ0) is 15.9. The quantitative estimate of drug-likeness (QED) is 0.654. The van der Waals surface area contributed by atoms with Gasteiger partial charge in [0.25, 0.3) is 0 Å². The fraction of sp³-hybridized carbons (Fsp3) is 0.278. The maximum absolute atomic E-state index is 5.92. The Labute approximate surface area is 132 Å². The van der Waals surface area contributed by atoms with E-state index in [1.54, 1.807) is 0 Å². The van der Waals surface area contributed by atoms with Gasteiger partial charge in [-0.2, -0.15) is 0 Å². The van der Waals surface area contributed by atoms with Crippen molar-refractivity contribution < 1.29 is 4.74 Å². The smallest absolute Gasteiger partial charge is 0.193 e. The lowest BCUT2D eigenvalue weighted by molar-refractivity contribution is 0.338. The van der Waals surface area contributed by atoms with Crippen LogP contribution in [0.1, 0.15) is 23.6 Å². The first-order chi connectivity index (χ1) is 10.6. The molecule has 4 heteroatoms. The molecule has 22 heavy (non-hydrogen) atoms. The van der Waals surface area contributed by atoms with Crippen LogP contribution in [-0.4, -0.2) is 12.6 Å². The number of benzene rings is 2. The van der Waals surface area contributed by atoms with Gasteiger partial charge in [-0.1, -0.05) is 29.8 Å². The number of anilines is 1. The number of ether oxygens (including phenoxy) is 1. The van der Waals surface area contributed by atoms with Crippen molar-refractivity contribution in [2.45, 2.75) is 27.3 Å². The van der Waals surface area contributed by atoms with Gasteiger partial charge in [-0.25, -0.2) is 4.99 Å². The third-order valence-corrected chi connectivity index (χ3v) is 3.30. The summed E-state index contributed by atoms with van der Waals surface area (Å²) in [5.74, 6) is 1.33. The van der Waals surface area contributed by atoms with E-state index in [0.29, 0.717) is 19.1 Å². The van der Waals surface area contributed by atoms with Gasteiger partial charge in [0, 0.05) is 5.69 Å². The largest absolute Gasteiger partial charge is 0.494 e. The van der Waals surface area contributed by atoms with Gasteiger partial charge in [-0.3, -0.25) is 0 Å². The van der Waals surface area contributed by atoms with Crippen LogP contribution in [0.15, 0.2) is 47.5 Å². The summed E-state index contributed by atoms with van der Waals surface area (Å²) >= 11 is 0. The number of aliphatic imine (C=N–C) groups is 1. The summed E-state index contributed by atoms with van der Waals surface area (Å²) in [5, 5.41) is 3.09. The molecule has 0 radical (unpaired) electrons. The molecule has 0 bridgehead atoms. The Balaban J connectivity index is 1.98. The topological polar surface area (TPSA) is 59.6 Å². The van der Waals surface area contributed by atoms with Gasteiger partial charge < -0.3 is 15.8 Å². The summed E-state index contributed by atoms with van der Waals surface area (Å²) in [5.41, 5.74) is 10.3. The maximum atomic E-state index is 5.92. The van der Waals surface area contributed by atoms with Crippen LogP contribution in [0.5, 0.6) is 5.75 Å². The molecule has 0 aliphatic carbocycles. The third kappa shape index (κ3) is 4.52. The number of nitrogens with zero attached hydrogens (tertiary/aromatic N) is 1. The van der Waals surface area contributed by atoms with E-state index in [1.165, 1.54) is 5.56 Å². The standard InChI is InChI=1S/C18H23N3O/c1-4-22-17-10-7-15(11-14(17)3)12-20-18(19)21-16-8-5-13(2)6-9-16/h5-11H,4,12H2,1-3H3,(H3,19,20,21). The highest BCUT2D eigenvalue weighted by Crippen LogP contribution is 2.19. The Bertz CT molecular complexity index is 648. The van der Waals surface area contributed by atoms with Crippen molar-refractivity contribution in [2.24, 2.45) is 10.7 Å². The minimum atomic E-state index is 0.412. The molecule has 2 aromatic rings. The number of hydrogen-bond donors (Lipinski definition) is 2. The Kier molecular flexibility index (Phi) is 5.42. The Hall–Kier alpha value is -2.49. The number of nitrogens with two attached hydrogens (primary N) is 1. The van der Waals surface area contributed by atoms with Gasteiger partial charge in [0.05, 0.1) is 13.2 Å². The first kappa shape index (κ1) is 15.9. The summed E-state index contributed by atoms with van der Waals surface area (Å²) in [7, 11) is 0. The SMILES string of the molecule is CCOc1ccc(CN=C(N)Nc2ccc(C)cc2)cc1C. The van der Waals surface area contributed by atoms with Crippen LogP contribution in [0.25, 0.3) is 0 Å². The third-order valence-electron chi connectivity index (χ3n) is 3.30. The zero-order valence-corrected chi connectivity index (χ0v) is 13.4. The normalized spacial score (nSPS) is 11.3. The number of nitrogens with one attached hydrogen (secondary N) is 1. The summed E-state index contributed by atoms with van der Waals surface area (Å²) in [6.45, 7) is 7.28. The van der Waals surface area contributed by atoms with E-state index < -0.39 is 0 Å². The van der Waals surface area contributed by atoms with Crippen molar-refractivity contribution in [1.82, 2.24) is 0 Å². The monoisotopic (exact) mass is 297 g/mol. The van der Waals surface area contributed by atoms with Gasteiger partial charge >= 0.3 is 0 Å². The molecule has 0 fully saturated rings. The highest BCUT2D eigenvalue weighted by molar-refractivity contribution is 5.92. The van der Waals surface area contributed by atoms with Gasteiger partial charge in [0.2, 0.25) is 0 Å². The number of guanidine groups is 1. The molecule has 0 heterocycles. The second-order valence-electron chi connectivity index (χ2n) is 5.23. The molecule has 0 unspecified atom stereocenters. The average Bonchev–Trinajstić information content (AvgIpc) is 2.50. The van der Waals surface area contributed by atoms with E-state index >= 15 is 0 Å². The van der Waals surface area contributed by atoms with Crippen LogP contribution in [0.3, 0.4) is 0 Å². The first-order valence-electron chi connectivity index (χ1n) is 7.44. The molecule has 2 aromatic carbocycles. The van der Waals surface area contributed by atoms with E-state index in [0.717, 1.165) is 22.6 Å². The van der Waals surface area contributed by atoms with E-state index in [4.69, 9.17) is 10.5 Å². The van der Waals surface area contributed by atoms with Crippen LogP contribution in [-0.2, 0) is 6.54 Å². The highest BCUT2D eigenvalue weighted by atomic mass is 16.5. The van der Waals surface area contributed by atoms with Crippen molar-refractivity contribution in [3.63, 3.8) is 0 Å². The molecule has 116 valence electrons. The second kappa shape index (κ2) is 7.50.